The molecule has 7 nitrogen and oxygen atoms in total. The maximum atomic E-state index is 12.3. The first-order valence-electron chi connectivity index (χ1n) is 6.68. The van der Waals surface area contributed by atoms with Crippen molar-refractivity contribution in [2.24, 2.45) is 5.92 Å². The van der Waals surface area contributed by atoms with Crippen molar-refractivity contribution >= 4 is 18.3 Å². The van der Waals surface area contributed by atoms with Crippen LogP contribution >= 0.6 is 12.4 Å². The van der Waals surface area contributed by atoms with E-state index in [0.717, 1.165) is 25.9 Å². The van der Waals surface area contributed by atoms with Gasteiger partial charge in [-0.3, -0.25) is 4.79 Å². The first-order chi connectivity index (χ1) is 9.76. The van der Waals surface area contributed by atoms with Crippen molar-refractivity contribution in [3.8, 4) is 11.8 Å². The number of rotatable bonds is 5. The van der Waals surface area contributed by atoms with Crippen LogP contribution in [0.4, 0.5) is 0 Å². The van der Waals surface area contributed by atoms with E-state index in [1.165, 1.54) is 20.5 Å². The van der Waals surface area contributed by atoms with Gasteiger partial charge in [0, 0.05) is 6.54 Å². The Hall–Kier alpha value is -1.60. The van der Waals surface area contributed by atoms with Crippen LogP contribution in [0.1, 0.15) is 23.2 Å². The molecule has 0 aliphatic carbocycles. The minimum Gasteiger partial charge on any atom is -0.480 e. The maximum Gasteiger partial charge on any atom is 0.262 e. The van der Waals surface area contributed by atoms with E-state index in [0.29, 0.717) is 12.5 Å². The number of amides is 1. The first-order valence-corrected chi connectivity index (χ1v) is 6.68. The van der Waals surface area contributed by atoms with Crippen molar-refractivity contribution in [2.45, 2.75) is 12.8 Å². The molecule has 8 heteroatoms. The topological polar surface area (TPSA) is 85.4 Å². The molecule has 0 bridgehead atoms. The van der Waals surface area contributed by atoms with Gasteiger partial charge in [-0.25, -0.2) is 9.97 Å². The predicted molar refractivity (Wildman–Crippen MR) is 80.3 cm³/mol. The van der Waals surface area contributed by atoms with Crippen LogP contribution in [0.25, 0.3) is 0 Å². The van der Waals surface area contributed by atoms with E-state index in [4.69, 9.17) is 9.47 Å². The van der Waals surface area contributed by atoms with Crippen molar-refractivity contribution in [1.82, 2.24) is 20.6 Å². The number of halogens is 1. The van der Waals surface area contributed by atoms with Gasteiger partial charge in [-0.05, 0) is 31.8 Å². The first kappa shape index (κ1) is 17.5. The van der Waals surface area contributed by atoms with E-state index in [1.54, 1.807) is 0 Å². The van der Waals surface area contributed by atoms with Gasteiger partial charge in [-0.15, -0.1) is 12.4 Å². The highest BCUT2D eigenvalue weighted by molar-refractivity contribution is 5.98. The summed E-state index contributed by atoms with van der Waals surface area (Å²) in [5.74, 6) is 0.617. The van der Waals surface area contributed by atoms with Gasteiger partial charge in [-0.2, -0.15) is 0 Å². The van der Waals surface area contributed by atoms with E-state index < -0.39 is 0 Å². The summed E-state index contributed by atoms with van der Waals surface area (Å²) in [4.78, 5) is 20.1. The van der Waals surface area contributed by atoms with E-state index in [2.05, 4.69) is 20.6 Å². The van der Waals surface area contributed by atoms with Crippen LogP contribution in [0.2, 0.25) is 0 Å². The minimum absolute atomic E-state index is 0. The van der Waals surface area contributed by atoms with Crippen LogP contribution < -0.4 is 20.1 Å². The fourth-order valence-electron chi connectivity index (χ4n) is 2.28. The molecule has 1 fully saturated rings. The highest BCUT2D eigenvalue weighted by atomic mass is 35.5. The molecule has 1 saturated heterocycles. The molecule has 1 atom stereocenters. The lowest BCUT2D eigenvalue weighted by Gasteiger charge is -2.23. The standard InChI is InChI=1S/C13H20N4O3.ClH/c1-19-12-10(13(20-2)17-8-16-12)11(18)15-7-9-4-3-5-14-6-9;/h8-9,14H,3-7H2,1-2H3,(H,15,18);1H. The van der Waals surface area contributed by atoms with Gasteiger partial charge < -0.3 is 20.1 Å². The van der Waals surface area contributed by atoms with E-state index in [9.17, 15) is 4.79 Å². The summed E-state index contributed by atoms with van der Waals surface area (Å²) in [6.45, 7) is 2.60. The molecule has 1 aromatic heterocycles. The molecule has 1 amide bonds. The minimum atomic E-state index is -0.273. The summed E-state index contributed by atoms with van der Waals surface area (Å²) < 4.78 is 10.2. The molecule has 2 rings (SSSR count). The van der Waals surface area contributed by atoms with Crippen LogP contribution in [0, 0.1) is 5.92 Å². The smallest absolute Gasteiger partial charge is 0.262 e. The molecule has 0 radical (unpaired) electrons. The van der Waals surface area contributed by atoms with E-state index >= 15 is 0 Å². The van der Waals surface area contributed by atoms with Crippen LogP contribution in [-0.2, 0) is 0 Å². The Bertz CT molecular complexity index is 444. The number of nitrogens with one attached hydrogen (secondary N) is 2. The molecule has 1 aliphatic rings. The number of aromatic nitrogens is 2. The highest BCUT2D eigenvalue weighted by Crippen LogP contribution is 2.23. The van der Waals surface area contributed by atoms with Gasteiger partial charge in [-0.1, -0.05) is 0 Å². The second kappa shape index (κ2) is 8.63. The third-order valence-electron chi connectivity index (χ3n) is 3.34. The molecule has 2 heterocycles. The molecule has 0 aromatic carbocycles. The number of piperidine rings is 1. The lowest BCUT2D eigenvalue weighted by molar-refractivity contribution is 0.0936. The van der Waals surface area contributed by atoms with Gasteiger partial charge in [0.2, 0.25) is 11.8 Å². The number of hydrogen-bond acceptors (Lipinski definition) is 6. The molecule has 0 spiro atoms. The Morgan fingerprint density at radius 1 is 1.38 bits per heavy atom. The lowest BCUT2D eigenvalue weighted by atomic mass is 10.00. The second-order valence-electron chi connectivity index (χ2n) is 4.69. The summed E-state index contributed by atoms with van der Waals surface area (Å²) >= 11 is 0. The molecule has 21 heavy (non-hydrogen) atoms. The summed E-state index contributed by atoms with van der Waals surface area (Å²) in [6.07, 6.45) is 3.56. The number of methoxy groups -OCH3 is 2. The van der Waals surface area contributed by atoms with Crippen molar-refractivity contribution in [3.05, 3.63) is 11.9 Å². The zero-order valence-electron chi connectivity index (χ0n) is 12.2. The van der Waals surface area contributed by atoms with Crippen LogP contribution in [-0.4, -0.2) is 49.7 Å². The SMILES string of the molecule is COc1ncnc(OC)c1C(=O)NCC1CCCNC1.Cl. The number of carbonyl (C=O) groups excluding carboxylic acids is 1. The Balaban J connectivity index is 0.00000220. The highest BCUT2D eigenvalue weighted by Gasteiger charge is 2.22. The fourth-order valence-corrected chi connectivity index (χ4v) is 2.28. The summed E-state index contributed by atoms with van der Waals surface area (Å²) in [5.41, 5.74) is 0.237. The van der Waals surface area contributed by atoms with Gasteiger partial charge in [0.15, 0.2) is 5.56 Å². The van der Waals surface area contributed by atoms with Gasteiger partial charge in [0.25, 0.3) is 5.91 Å². The van der Waals surface area contributed by atoms with Crippen molar-refractivity contribution < 1.29 is 14.3 Å². The number of carbonyl (C=O) groups is 1. The fraction of sp³-hybridized carbons (Fsp3) is 0.615. The number of hydrogen-bond donors (Lipinski definition) is 2. The number of nitrogens with zero attached hydrogens (tertiary/aromatic N) is 2. The lowest BCUT2D eigenvalue weighted by Crippen LogP contribution is -2.38. The average molecular weight is 317 g/mol. The van der Waals surface area contributed by atoms with Gasteiger partial charge >= 0.3 is 0 Å². The number of ether oxygens (including phenoxy) is 2. The average Bonchev–Trinajstić information content (AvgIpc) is 2.52. The Morgan fingerprint density at radius 3 is 2.57 bits per heavy atom. The Kier molecular flexibility index (Phi) is 7.18. The quantitative estimate of drug-likeness (QED) is 0.829. The van der Waals surface area contributed by atoms with Gasteiger partial charge in [0.1, 0.15) is 6.33 Å². The van der Waals surface area contributed by atoms with Crippen molar-refractivity contribution in [1.29, 1.82) is 0 Å². The maximum absolute atomic E-state index is 12.3. The normalized spacial score (nSPS) is 17.5. The molecule has 118 valence electrons. The molecular formula is C13H21ClN4O3. The third-order valence-corrected chi connectivity index (χ3v) is 3.34. The largest absolute Gasteiger partial charge is 0.480 e. The molecule has 2 N–H and O–H groups in total. The zero-order valence-corrected chi connectivity index (χ0v) is 13.0. The molecular weight excluding hydrogens is 296 g/mol. The predicted octanol–water partition coefficient (Wildman–Crippen LogP) is 0.645. The van der Waals surface area contributed by atoms with Crippen LogP contribution in [0.3, 0.4) is 0 Å². The molecule has 1 aliphatic heterocycles. The summed E-state index contributed by atoms with van der Waals surface area (Å²) in [7, 11) is 2.92. The molecule has 0 saturated carbocycles. The monoisotopic (exact) mass is 316 g/mol. The summed E-state index contributed by atoms with van der Waals surface area (Å²) in [5, 5.41) is 6.22. The second-order valence-corrected chi connectivity index (χ2v) is 4.69. The van der Waals surface area contributed by atoms with Crippen LogP contribution in [0.15, 0.2) is 6.33 Å². The summed E-state index contributed by atoms with van der Waals surface area (Å²) in [6, 6.07) is 0. The third kappa shape index (κ3) is 4.44. The zero-order chi connectivity index (χ0) is 14.4. The van der Waals surface area contributed by atoms with Crippen molar-refractivity contribution in [2.75, 3.05) is 33.9 Å². The van der Waals surface area contributed by atoms with Crippen LogP contribution in [0.5, 0.6) is 11.8 Å². The van der Waals surface area contributed by atoms with E-state index in [1.807, 2.05) is 0 Å². The van der Waals surface area contributed by atoms with E-state index in [-0.39, 0.29) is 35.6 Å². The molecule has 1 unspecified atom stereocenters. The Morgan fingerprint density at radius 2 is 2.05 bits per heavy atom. The Labute approximate surface area is 130 Å². The van der Waals surface area contributed by atoms with Gasteiger partial charge in [0.05, 0.1) is 14.2 Å². The molecule has 1 aromatic rings. The van der Waals surface area contributed by atoms with Crippen molar-refractivity contribution in [3.63, 3.8) is 0 Å².